The van der Waals surface area contributed by atoms with Gasteiger partial charge in [-0.3, -0.25) is 0 Å². The monoisotopic (exact) mass is 644 g/mol. The maximum Gasteiger partial charge on any atom is 0.228 e. The molecule has 4 heteroatoms. The summed E-state index contributed by atoms with van der Waals surface area (Å²) in [6.07, 6.45) is 0. The standard InChI is InChI=1S/C46H32N2O2/c1-46(2)38-15-7-6-13-34(38)35-26-24-33(28-39(35)46)48(31-11-4-3-5-12-31)32-22-19-29(20-23-32)30-21-25-36-43(27-30)49-42-18-10-14-37(44(36)42)45-47-40-16-8-9-17-41(40)50-45/h3-28H,1-2H3. The van der Waals surface area contributed by atoms with Gasteiger partial charge in [0.05, 0.1) is 0 Å². The summed E-state index contributed by atoms with van der Waals surface area (Å²) in [5, 5.41) is 2.05. The van der Waals surface area contributed by atoms with Crippen molar-refractivity contribution >= 4 is 50.1 Å². The molecule has 0 amide bonds. The van der Waals surface area contributed by atoms with Crippen LogP contribution in [0, 0.1) is 0 Å². The van der Waals surface area contributed by atoms with E-state index in [-0.39, 0.29) is 5.41 Å². The van der Waals surface area contributed by atoms with Gasteiger partial charge in [-0.05, 0) is 106 Å². The minimum absolute atomic E-state index is 0.0766. The van der Waals surface area contributed by atoms with E-state index in [0.717, 1.165) is 66.8 Å². The Kier molecular flexibility index (Phi) is 6.19. The third kappa shape index (κ3) is 4.35. The fraction of sp³-hybridized carbons (Fsp3) is 0.0652. The van der Waals surface area contributed by atoms with E-state index in [1.54, 1.807) is 0 Å². The van der Waals surface area contributed by atoms with Crippen molar-refractivity contribution in [2.75, 3.05) is 4.90 Å². The van der Waals surface area contributed by atoms with Crippen molar-refractivity contribution in [3.8, 4) is 33.7 Å². The van der Waals surface area contributed by atoms with Crippen LogP contribution in [-0.2, 0) is 5.41 Å². The first-order valence-electron chi connectivity index (χ1n) is 17.0. The molecule has 0 atom stereocenters. The molecule has 2 aromatic heterocycles. The second kappa shape index (κ2) is 10.8. The van der Waals surface area contributed by atoms with Gasteiger partial charge in [0.1, 0.15) is 16.7 Å². The molecule has 238 valence electrons. The zero-order valence-electron chi connectivity index (χ0n) is 27.7. The predicted octanol–water partition coefficient (Wildman–Crippen LogP) is 12.8. The fourth-order valence-electron chi connectivity index (χ4n) is 7.83. The van der Waals surface area contributed by atoms with Crippen molar-refractivity contribution in [3.05, 3.63) is 169 Å². The van der Waals surface area contributed by atoms with Crippen LogP contribution in [0.2, 0.25) is 0 Å². The van der Waals surface area contributed by atoms with Crippen molar-refractivity contribution in [1.29, 1.82) is 0 Å². The molecule has 50 heavy (non-hydrogen) atoms. The lowest BCUT2D eigenvalue weighted by atomic mass is 9.82. The molecule has 4 nitrogen and oxygen atoms in total. The Bertz CT molecular complexity index is 2700. The molecule has 0 radical (unpaired) electrons. The number of anilines is 3. The minimum atomic E-state index is -0.0766. The van der Waals surface area contributed by atoms with Crippen LogP contribution >= 0.6 is 0 Å². The number of rotatable bonds is 5. The van der Waals surface area contributed by atoms with E-state index in [1.807, 2.05) is 42.5 Å². The lowest BCUT2D eigenvalue weighted by molar-refractivity contribution is 0.620. The molecule has 0 saturated carbocycles. The quantitative estimate of drug-likeness (QED) is 0.187. The molecule has 1 aliphatic rings. The summed E-state index contributed by atoms with van der Waals surface area (Å²) in [6.45, 7) is 4.66. The first kappa shape index (κ1) is 28.6. The Hall–Kier alpha value is -6.39. The van der Waals surface area contributed by atoms with Crippen LogP contribution in [0.5, 0.6) is 0 Å². The Morgan fingerprint density at radius 3 is 2.02 bits per heavy atom. The molecule has 2 heterocycles. The maximum atomic E-state index is 6.43. The number of aromatic nitrogens is 1. The van der Waals surface area contributed by atoms with Gasteiger partial charge in [0.15, 0.2) is 5.58 Å². The van der Waals surface area contributed by atoms with E-state index in [4.69, 9.17) is 13.8 Å². The minimum Gasteiger partial charge on any atom is -0.456 e. The highest BCUT2D eigenvalue weighted by molar-refractivity contribution is 6.12. The zero-order chi connectivity index (χ0) is 33.4. The average molecular weight is 645 g/mol. The smallest absolute Gasteiger partial charge is 0.228 e. The van der Waals surface area contributed by atoms with Gasteiger partial charge < -0.3 is 13.7 Å². The summed E-state index contributed by atoms with van der Waals surface area (Å²) < 4.78 is 12.6. The Morgan fingerprint density at radius 2 is 1.16 bits per heavy atom. The lowest BCUT2D eigenvalue weighted by Gasteiger charge is -2.28. The molecule has 10 rings (SSSR count). The number of oxazole rings is 1. The molecule has 0 saturated heterocycles. The molecule has 0 fully saturated rings. The number of hydrogen-bond acceptors (Lipinski definition) is 4. The summed E-state index contributed by atoms with van der Waals surface area (Å²) in [7, 11) is 0. The number of hydrogen-bond donors (Lipinski definition) is 0. The van der Waals surface area contributed by atoms with Gasteiger partial charge >= 0.3 is 0 Å². The Labute approximate surface area is 289 Å². The molecule has 1 aliphatic carbocycles. The fourth-order valence-corrected chi connectivity index (χ4v) is 7.83. The van der Waals surface area contributed by atoms with Crippen molar-refractivity contribution in [3.63, 3.8) is 0 Å². The summed E-state index contributed by atoms with van der Waals surface area (Å²) in [4.78, 5) is 7.12. The molecule has 7 aromatic carbocycles. The molecular weight excluding hydrogens is 613 g/mol. The summed E-state index contributed by atoms with van der Waals surface area (Å²) in [5.41, 5.74) is 15.1. The van der Waals surface area contributed by atoms with E-state index in [9.17, 15) is 0 Å². The normalized spacial score (nSPS) is 13.2. The summed E-state index contributed by atoms with van der Waals surface area (Å²) in [6, 6.07) is 55.5. The van der Waals surface area contributed by atoms with E-state index in [2.05, 4.69) is 134 Å². The summed E-state index contributed by atoms with van der Waals surface area (Å²) in [5.74, 6) is 0.596. The molecule has 9 aromatic rings. The second-order valence-corrected chi connectivity index (χ2v) is 13.6. The maximum absolute atomic E-state index is 6.43. The third-order valence-corrected chi connectivity index (χ3v) is 10.3. The number of para-hydroxylation sites is 3. The number of furan rings is 1. The van der Waals surface area contributed by atoms with Crippen molar-refractivity contribution < 1.29 is 8.83 Å². The van der Waals surface area contributed by atoms with E-state index < -0.39 is 0 Å². The molecule has 0 aliphatic heterocycles. The highest BCUT2D eigenvalue weighted by atomic mass is 16.3. The summed E-state index contributed by atoms with van der Waals surface area (Å²) >= 11 is 0. The average Bonchev–Trinajstić information content (AvgIpc) is 3.83. The first-order chi connectivity index (χ1) is 24.5. The molecule has 0 spiro atoms. The van der Waals surface area contributed by atoms with Gasteiger partial charge in [-0.2, -0.15) is 0 Å². The third-order valence-electron chi connectivity index (χ3n) is 10.3. The zero-order valence-corrected chi connectivity index (χ0v) is 27.7. The predicted molar refractivity (Wildman–Crippen MR) is 204 cm³/mol. The topological polar surface area (TPSA) is 42.4 Å². The molecule has 0 N–H and O–H groups in total. The molecule has 0 bridgehead atoms. The first-order valence-corrected chi connectivity index (χ1v) is 17.0. The van der Waals surface area contributed by atoms with Crippen LogP contribution in [0.3, 0.4) is 0 Å². The highest BCUT2D eigenvalue weighted by Crippen LogP contribution is 2.50. The largest absolute Gasteiger partial charge is 0.456 e. The van der Waals surface area contributed by atoms with E-state index in [0.29, 0.717) is 5.89 Å². The van der Waals surface area contributed by atoms with Crippen LogP contribution in [0.25, 0.3) is 66.7 Å². The van der Waals surface area contributed by atoms with Crippen molar-refractivity contribution in [1.82, 2.24) is 4.98 Å². The van der Waals surface area contributed by atoms with Gasteiger partial charge in [-0.25, -0.2) is 4.98 Å². The SMILES string of the molecule is CC1(C)c2ccccc2-c2ccc(N(c3ccccc3)c3ccc(-c4ccc5c(c4)oc4cccc(-c6nc7ccccc7o6)c45)cc3)cc21. The van der Waals surface area contributed by atoms with Crippen LogP contribution in [-0.4, -0.2) is 4.98 Å². The van der Waals surface area contributed by atoms with Gasteiger partial charge in [-0.1, -0.05) is 98.8 Å². The van der Waals surface area contributed by atoms with Crippen LogP contribution in [0.15, 0.2) is 167 Å². The molecule has 0 unspecified atom stereocenters. The Balaban J connectivity index is 1.03. The van der Waals surface area contributed by atoms with Gasteiger partial charge in [0.2, 0.25) is 5.89 Å². The van der Waals surface area contributed by atoms with Crippen LogP contribution in [0.1, 0.15) is 25.0 Å². The second-order valence-electron chi connectivity index (χ2n) is 13.6. The lowest BCUT2D eigenvalue weighted by Crippen LogP contribution is -2.16. The highest BCUT2D eigenvalue weighted by Gasteiger charge is 2.35. The van der Waals surface area contributed by atoms with Crippen LogP contribution in [0.4, 0.5) is 17.1 Å². The van der Waals surface area contributed by atoms with Crippen molar-refractivity contribution in [2.45, 2.75) is 19.3 Å². The number of nitrogens with zero attached hydrogens (tertiary/aromatic N) is 2. The number of fused-ring (bicyclic) bond motifs is 7. The van der Waals surface area contributed by atoms with Crippen LogP contribution < -0.4 is 4.90 Å². The van der Waals surface area contributed by atoms with Crippen molar-refractivity contribution in [2.24, 2.45) is 0 Å². The van der Waals surface area contributed by atoms with E-state index >= 15 is 0 Å². The number of benzene rings is 7. The van der Waals surface area contributed by atoms with Gasteiger partial charge in [0, 0.05) is 38.8 Å². The van der Waals surface area contributed by atoms with Gasteiger partial charge in [-0.15, -0.1) is 0 Å². The molecular formula is C46H32N2O2. The van der Waals surface area contributed by atoms with E-state index in [1.165, 1.54) is 22.3 Å². The van der Waals surface area contributed by atoms with Gasteiger partial charge in [0.25, 0.3) is 0 Å². The Morgan fingerprint density at radius 1 is 0.480 bits per heavy atom.